The van der Waals surface area contributed by atoms with Crippen molar-refractivity contribution in [1.82, 2.24) is 9.88 Å². The van der Waals surface area contributed by atoms with E-state index in [1.54, 1.807) is 0 Å². The molecule has 1 fully saturated rings. The summed E-state index contributed by atoms with van der Waals surface area (Å²) in [5.41, 5.74) is 3.84. The Morgan fingerprint density at radius 3 is 2.78 bits per heavy atom. The summed E-state index contributed by atoms with van der Waals surface area (Å²) in [6.45, 7) is 0.144. The number of hydrogen-bond donors (Lipinski definition) is 3. The van der Waals surface area contributed by atoms with Crippen LogP contribution in [-0.4, -0.2) is 45.5 Å². The summed E-state index contributed by atoms with van der Waals surface area (Å²) < 4.78 is 0. The van der Waals surface area contributed by atoms with E-state index in [0.29, 0.717) is 0 Å². The Hall–Kier alpha value is -2.15. The summed E-state index contributed by atoms with van der Waals surface area (Å²) in [7, 11) is 0. The molecule has 1 atom stereocenters. The van der Waals surface area contributed by atoms with Crippen LogP contribution in [0.5, 0.6) is 0 Å². The molecule has 96 valence electrons. The molecule has 0 aliphatic carbocycles. The van der Waals surface area contributed by atoms with Crippen LogP contribution in [0.15, 0.2) is 23.3 Å². The van der Waals surface area contributed by atoms with Crippen LogP contribution in [0.2, 0.25) is 0 Å². The molecule has 0 radical (unpaired) electrons. The molecule has 1 aliphatic heterocycles. The lowest BCUT2D eigenvalue weighted by atomic mass is 10.0. The zero-order valence-electron chi connectivity index (χ0n) is 9.55. The second kappa shape index (κ2) is 4.26. The standard InChI is InChI=1S/C11H13N3O4/c12-11(10(17)18)2-4-14(6-11)9(16)7-5-13-3-1-8(7)15/h1,3,5H,2,4,6,12H2,(H,13,15)(H,17,18). The summed E-state index contributed by atoms with van der Waals surface area (Å²) in [4.78, 5) is 38.4. The predicted molar refractivity (Wildman–Crippen MR) is 62.1 cm³/mol. The van der Waals surface area contributed by atoms with Gasteiger partial charge in [-0.05, 0) is 6.42 Å². The van der Waals surface area contributed by atoms with Gasteiger partial charge < -0.3 is 20.7 Å². The molecule has 1 aromatic heterocycles. The normalized spacial score (nSPS) is 23.1. The second-order valence-electron chi connectivity index (χ2n) is 4.36. The number of nitrogens with one attached hydrogen (secondary N) is 1. The molecule has 2 heterocycles. The Kier molecular flexibility index (Phi) is 2.92. The number of nitrogens with two attached hydrogens (primary N) is 1. The molecular weight excluding hydrogens is 238 g/mol. The second-order valence-corrected chi connectivity index (χ2v) is 4.36. The van der Waals surface area contributed by atoms with Crippen molar-refractivity contribution in [2.24, 2.45) is 5.73 Å². The lowest BCUT2D eigenvalue weighted by molar-refractivity contribution is -0.142. The monoisotopic (exact) mass is 251 g/mol. The van der Waals surface area contributed by atoms with Crippen LogP contribution in [0.25, 0.3) is 0 Å². The summed E-state index contributed by atoms with van der Waals surface area (Å²) in [5.74, 6) is -1.63. The van der Waals surface area contributed by atoms with E-state index in [2.05, 4.69) is 4.98 Å². The average molecular weight is 251 g/mol. The number of carbonyl (C=O) groups excluding carboxylic acids is 1. The van der Waals surface area contributed by atoms with Crippen molar-refractivity contribution in [3.05, 3.63) is 34.2 Å². The maximum atomic E-state index is 12.0. The van der Waals surface area contributed by atoms with Crippen LogP contribution >= 0.6 is 0 Å². The molecule has 18 heavy (non-hydrogen) atoms. The molecule has 0 bridgehead atoms. The third kappa shape index (κ3) is 2.00. The number of aromatic amines is 1. The zero-order valence-corrected chi connectivity index (χ0v) is 9.55. The minimum absolute atomic E-state index is 0.00728. The van der Waals surface area contributed by atoms with Crippen molar-refractivity contribution in [1.29, 1.82) is 0 Å². The highest BCUT2D eigenvalue weighted by Crippen LogP contribution is 2.20. The van der Waals surface area contributed by atoms with Gasteiger partial charge in [-0.15, -0.1) is 0 Å². The summed E-state index contributed by atoms with van der Waals surface area (Å²) in [6, 6.07) is 1.25. The number of carboxylic acid groups (broad SMARTS) is 1. The highest BCUT2D eigenvalue weighted by Gasteiger charge is 2.43. The first-order chi connectivity index (χ1) is 8.44. The van der Waals surface area contributed by atoms with Crippen LogP contribution in [-0.2, 0) is 4.79 Å². The average Bonchev–Trinajstić information content (AvgIpc) is 2.73. The Morgan fingerprint density at radius 1 is 1.50 bits per heavy atom. The Morgan fingerprint density at radius 2 is 2.22 bits per heavy atom. The number of carboxylic acids is 1. The summed E-state index contributed by atoms with van der Waals surface area (Å²) >= 11 is 0. The van der Waals surface area contributed by atoms with E-state index in [1.165, 1.54) is 23.4 Å². The minimum Gasteiger partial charge on any atom is -0.480 e. The Balaban J connectivity index is 2.21. The maximum absolute atomic E-state index is 12.0. The highest BCUT2D eigenvalue weighted by atomic mass is 16.4. The van der Waals surface area contributed by atoms with Gasteiger partial charge in [-0.2, -0.15) is 0 Å². The first kappa shape index (κ1) is 12.3. The molecule has 7 nitrogen and oxygen atoms in total. The lowest BCUT2D eigenvalue weighted by Crippen LogP contribution is -2.50. The number of pyridine rings is 1. The number of hydrogen-bond acceptors (Lipinski definition) is 4. The van der Waals surface area contributed by atoms with Gasteiger partial charge >= 0.3 is 5.97 Å². The molecule has 7 heteroatoms. The molecule has 0 spiro atoms. The molecule has 1 aliphatic rings. The summed E-state index contributed by atoms with van der Waals surface area (Å²) in [5, 5.41) is 8.97. The molecular formula is C11H13N3O4. The van der Waals surface area contributed by atoms with Crippen molar-refractivity contribution in [3.8, 4) is 0 Å². The number of carbonyl (C=O) groups is 2. The summed E-state index contributed by atoms with van der Waals surface area (Å²) in [6.07, 6.45) is 2.91. The first-order valence-corrected chi connectivity index (χ1v) is 5.43. The van der Waals surface area contributed by atoms with Gasteiger partial charge in [-0.1, -0.05) is 0 Å². The molecule has 2 rings (SSSR count). The van der Waals surface area contributed by atoms with E-state index in [-0.39, 0.29) is 25.1 Å². The number of amides is 1. The highest BCUT2D eigenvalue weighted by molar-refractivity contribution is 5.95. The third-order valence-electron chi connectivity index (χ3n) is 3.07. The molecule has 1 amide bonds. The largest absolute Gasteiger partial charge is 0.480 e. The Labute approximate surface area is 102 Å². The Bertz CT molecular complexity index is 553. The number of H-pyrrole nitrogens is 1. The smallest absolute Gasteiger partial charge is 0.325 e. The fourth-order valence-electron chi connectivity index (χ4n) is 1.93. The number of nitrogens with zero attached hydrogens (tertiary/aromatic N) is 1. The number of likely N-dealkylation sites (tertiary alicyclic amines) is 1. The van der Waals surface area contributed by atoms with Gasteiger partial charge in [0.05, 0.1) is 0 Å². The predicted octanol–water partition coefficient (Wildman–Crippen LogP) is -0.997. The topological polar surface area (TPSA) is 116 Å². The van der Waals surface area contributed by atoms with E-state index in [0.717, 1.165) is 0 Å². The van der Waals surface area contributed by atoms with Crippen molar-refractivity contribution < 1.29 is 14.7 Å². The van der Waals surface area contributed by atoms with Crippen LogP contribution < -0.4 is 11.2 Å². The van der Waals surface area contributed by atoms with E-state index < -0.39 is 22.8 Å². The number of aliphatic carboxylic acids is 1. The van der Waals surface area contributed by atoms with Crippen molar-refractivity contribution >= 4 is 11.9 Å². The first-order valence-electron chi connectivity index (χ1n) is 5.43. The van der Waals surface area contributed by atoms with Crippen LogP contribution in [0.3, 0.4) is 0 Å². The number of aromatic nitrogens is 1. The SMILES string of the molecule is NC1(C(=O)O)CCN(C(=O)c2c[nH]ccc2=O)C1. The zero-order chi connectivity index (χ0) is 13.3. The number of rotatable bonds is 2. The fourth-order valence-corrected chi connectivity index (χ4v) is 1.93. The lowest BCUT2D eigenvalue weighted by Gasteiger charge is -2.19. The van der Waals surface area contributed by atoms with Crippen LogP contribution in [0.1, 0.15) is 16.8 Å². The molecule has 1 unspecified atom stereocenters. The van der Waals surface area contributed by atoms with Gasteiger partial charge in [0.15, 0.2) is 5.43 Å². The molecule has 0 aromatic carbocycles. The van der Waals surface area contributed by atoms with Crippen molar-refractivity contribution in [3.63, 3.8) is 0 Å². The van der Waals surface area contributed by atoms with Crippen molar-refractivity contribution in [2.45, 2.75) is 12.0 Å². The van der Waals surface area contributed by atoms with E-state index in [9.17, 15) is 14.4 Å². The van der Waals surface area contributed by atoms with E-state index in [1.807, 2.05) is 0 Å². The molecule has 4 N–H and O–H groups in total. The van der Waals surface area contributed by atoms with E-state index in [4.69, 9.17) is 10.8 Å². The van der Waals surface area contributed by atoms with Gasteiger partial charge in [-0.25, -0.2) is 0 Å². The molecule has 0 saturated carbocycles. The quantitative estimate of drug-likeness (QED) is 0.623. The van der Waals surface area contributed by atoms with Gasteiger partial charge in [0.25, 0.3) is 5.91 Å². The van der Waals surface area contributed by atoms with Crippen molar-refractivity contribution in [2.75, 3.05) is 13.1 Å². The molecule has 1 aromatic rings. The van der Waals surface area contributed by atoms with Gasteiger partial charge in [0.1, 0.15) is 11.1 Å². The van der Waals surface area contributed by atoms with Crippen LogP contribution in [0, 0.1) is 0 Å². The van der Waals surface area contributed by atoms with Gasteiger partial charge in [-0.3, -0.25) is 14.4 Å². The molecule has 1 saturated heterocycles. The maximum Gasteiger partial charge on any atom is 0.325 e. The van der Waals surface area contributed by atoms with Gasteiger partial charge in [0.2, 0.25) is 0 Å². The fraction of sp³-hybridized carbons (Fsp3) is 0.364. The minimum atomic E-state index is -1.42. The van der Waals surface area contributed by atoms with E-state index >= 15 is 0 Å². The van der Waals surface area contributed by atoms with Gasteiger partial charge in [0, 0.05) is 31.5 Å². The van der Waals surface area contributed by atoms with Crippen LogP contribution in [0.4, 0.5) is 0 Å². The third-order valence-corrected chi connectivity index (χ3v) is 3.07.